The first-order valence-corrected chi connectivity index (χ1v) is 5.78. The molecule has 21 heavy (non-hydrogen) atoms. The summed E-state index contributed by atoms with van der Waals surface area (Å²) in [6.45, 7) is 0. The van der Waals surface area contributed by atoms with Gasteiger partial charge in [0.05, 0.1) is 11.3 Å². The average Bonchev–Trinajstić information content (AvgIpc) is 3.02. The van der Waals surface area contributed by atoms with E-state index in [1.165, 1.54) is 31.4 Å². The fraction of sp³-hybridized carbons (Fsp3) is 0.0833. The van der Waals surface area contributed by atoms with Gasteiger partial charge in [-0.2, -0.15) is 10.5 Å². The largest absolute Gasteiger partial charge is 0.357 e. The maximum absolute atomic E-state index is 13.8. The van der Waals surface area contributed by atoms with Crippen molar-refractivity contribution in [3.63, 3.8) is 0 Å². The van der Waals surface area contributed by atoms with Gasteiger partial charge in [0, 0.05) is 13.2 Å². The number of aromatic nitrogens is 4. The topological polar surface area (TPSA) is 119 Å². The maximum atomic E-state index is 13.8. The SMILES string of the molecule is CNC(=O)c1cccc(F)c1NC=C(C#N)c1nn[nH]n1. The number of halogens is 1. The number of tetrazole rings is 1. The van der Waals surface area contributed by atoms with Crippen molar-refractivity contribution in [2.75, 3.05) is 12.4 Å². The van der Waals surface area contributed by atoms with E-state index in [4.69, 9.17) is 5.26 Å². The molecule has 0 unspecified atom stereocenters. The number of carbonyl (C=O) groups excluding carboxylic acids is 1. The third kappa shape index (κ3) is 3.01. The molecule has 2 rings (SSSR count). The smallest absolute Gasteiger partial charge is 0.253 e. The summed E-state index contributed by atoms with van der Waals surface area (Å²) in [6.07, 6.45) is 1.20. The van der Waals surface area contributed by atoms with Gasteiger partial charge in [-0.15, -0.1) is 10.2 Å². The fourth-order valence-electron chi connectivity index (χ4n) is 1.56. The second-order valence-corrected chi connectivity index (χ2v) is 3.79. The van der Waals surface area contributed by atoms with E-state index in [0.29, 0.717) is 0 Å². The lowest BCUT2D eigenvalue weighted by molar-refractivity contribution is 0.0963. The standard InChI is InChI=1S/C12H10FN7O/c1-15-12(21)8-3-2-4-9(13)10(8)16-6-7(5-14)11-17-19-20-18-11/h2-4,6,16H,1H3,(H,15,21)(H,17,18,19,20). The highest BCUT2D eigenvalue weighted by Crippen LogP contribution is 2.20. The molecule has 8 nitrogen and oxygen atoms in total. The van der Waals surface area contributed by atoms with E-state index in [-0.39, 0.29) is 22.6 Å². The van der Waals surface area contributed by atoms with Crippen molar-refractivity contribution < 1.29 is 9.18 Å². The van der Waals surface area contributed by atoms with Gasteiger partial charge in [0.25, 0.3) is 5.91 Å². The summed E-state index contributed by atoms with van der Waals surface area (Å²) in [6, 6.07) is 5.92. The number of nitrogens with one attached hydrogen (secondary N) is 3. The Labute approximate surface area is 118 Å². The average molecular weight is 287 g/mol. The van der Waals surface area contributed by atoms with Crippen molar-refractivity contribution in [3.8, 4) is 6.07 Å². The van der Waals surface area contributed by atoms with E-state index in [9.17, 15) is 9.18 Å². The van der Waals surface area contributed by atoms with Crippen molar-refractivity contribution in [2.24, 2.45) is 0 Å². The molecule has 0 aliphatic carbocycles. The van der Waals surface area contributed by atoms with Gasteiger partial charge in [-0.1, -0.05) is 6.07 Å². The molecule has 0 spiro atoms. The molecule has 1 aromatic carbocycles. The minimum absolute atomic E-state index is 0.0369. The monoisotopic (exact) mass is 287 g/mol. The lowest BCUT2D eigenvalue weighted by Gasteiger charge is -2.09. The minimum atomic E-state index is -0.627. The Bertz CT molecular complexity index is 718. The predicted molar refractivity (Wildman–Crippen MR) is 71.2 cm³/mol. The molecule has 1 amide bonds. The normalized spacial score (nSPS) is 10.8. The van der Waals surface area contributed by atoms with E-state index in [2.05, 4.69) is 31.3 Å². The van der Waals surface area contributed by atoms with Crippen LogP contribution in [0.3, 0.4) is 0 Å². The molecule has 0 atom stereocenters. The molecule has 9 heteroatoms. The van der Waals surface area contributed by atoms with Crippen LogP contribution in [0.15, 0.2) is 24.4 Å². The highest BCUT2D eigenvalue weighted by molar-refractivity contribution is 5.99. The van der Waals surface area contributed by atoms with Gasteiger partial charge < -0.3 is 10.6 Å². The highest BCUT2D eigenvalue weighted by Gasteiger charge is 2.14. The second kappa shape index (κ2) is 6.25. The Morgan fingerprint density at radius 2 is 2.33 bits per heavy atom. The van der Waals surface area contributed by atoms with Gasteiger partial charge in [0.15, 0.2) is 0 Å². The van der Waals surface area contributed by atoms with Crippen LogP contribution >= 0.6 is 0 Å². The molecule has 0 aliphatic rings. The zero-order valence-electron chi connectivity index (χ0n) is 10.9. The summed E-state index contributed by atoms with van der Waals surface area (Å²) in [5, 5.41) is 26.8. The number of hydrogen-bond acceptors (Lipinski definition) is 6. The van der Waals surface area contributed by atoms with E-state index < -0.39 is 11.7 Å². The van der Waals surface area contributed by atoms with E-state index in [0.717, 1.165) is 0 Å². The number of anilines is 1. The van der Waals surface area contributed by atoms with Gasteiger partial charge in [-0.3, -0.25) is 4.79 Å². The van der Waals surface area contributed by atoms with Crippen LogP contribution in [0.1, 0.15) is 16.2 Å². The molecule has 0 aliphatic heterocycles. The number of aromatic amines is 1. The first kappa shape index (κ1) is 14.1. The molecule has 0 fully saturated rings. The van der Waals surface area contributed by atoms with Crippen LogP contribution in [-0.2, 0) is 0 Å². The Kier molecular flexibility index (Phi) is 4.20. The second-order valence-electron chi connectivity index (χ2n) is 3.79. The molecule has 0 radical (unpaired) electrons. The number of para-hydroxylation sites is 1. The van der Waals surface area contributed by atoms with Crippen LogP contribution in [0, 0.1) is 17.1 Å². The zero-order chi connectivity index (χ0) is 15.2. The number of amides is 1. The third-order valence-electron chi connectivity index (χ3n) is 2.55. The Morgan fingerprint density at radius 1 is 1.52 bits per heavy atom. The molecule has 0 bridgehead atoms. The fourth-order valence-corrected chi connectivity index (χ4v) is 1.56. The molecule has 1 heterocycles. The number of nitrogens with zero attached hydrogens (tertiary/aromatic N) is 4. The lowest BCUT2D eigenvalue weighted by atomic mass is 10.1. The van der Waals surface area contributed by atoms with Crippen molar-refractivity contribution in [3.05, 3.63) is 41.6 Å². The Hall–Kier alpha value is -3.28. The summed E-state index contributed by atoms with van der Waals surface area (Å²) >= 11 is 0. The number of allylic oxidation sites excluding steroid dienone is 1. The summed E-state index contributed by atoms with van der Waals surface area (Å²) in [7, 11) is 1.44. The molecule has 0 saturated carbocycles. The van der Waals surface area contributed by atoms with Gasteiger partial charge in [-0.25, -0.2) is 4.39 Å². The van der Waals surface area contributed by atoms with Crippen molar-refractivity contribution in [2.45, 2.75) is 0 Å². The van der Waals surface area contributed by atoms with Crippen molar-refractivity contribution in [1.82, 2.24) is 25.9 Å². The minimum Gasteiger partial charge on any atom is -0.357 e. The van der Waals surface area contributed by atoms with Gasteiger partial charge in [0.2, 0.25) is 5.82 Å². The Morgan fingerprint density at radius 3 is 2.95 bits per heavy atom. The first-order valence-electron chi connectivity index (χ1n) is 5.78. The summed E-state index contributed by atoms with van der Waals surface area (Å²) in [5.41, 5.74) is 0.0992. The van der Waals surface area contributed by atoms with E-state index in [1.54, 1.807) is 0 Å². The number of benzene rings is 1. The van der Waals surface area contributed by atoms with Gasteiger partial charge >= 0.3 is 0 Å². The predicted octanol–water partition coefficient (Wildman–Crippen LogP) is 0.675. The summed E-state index contributed by atoms with van der Waals surface area (Å²) in [5.74, 6) is -1.02. The van der Waals surface area contributed by atoms with Crippen LogP contribution in [0.4, 0.5) is 10.1 Å². The van der Waals surface area contributed by atoms with Crippen LogP contribution in [0.25, 0.3) is 5.57 Å². The molecule has 0 saturated heterocycles. The molecule has 3 N–H and O–H groups in total. The van der Waals surface area contributed by atoms with Crippen LogP contribution in [0.5, 0.6) is 0 Å². The molecule has 1 aromatic heterocycles. The molecule has 2 aromatic rings. The highest BCUT2D eigenvalue weighted by atomic mass is 19.1. The maximum Gasteiger partial charge on any atom is 0.253 e. The summed E-state index contributed by atoms with van der Waals surface area (Å²) in [4.78, 5) is 11.7. The molecular formula is C12H10FN7O. The lowest BCUT2D eigenvalue weighted by Crippen LogP contribution is -2.19. The van der Waals surface area contributed by atoms with Gasteiger partial charge in [0.1, 0.15) is 17.5 Å². The van der Waals surface area contributed by atoms with Crippen molar-refractivity contribution >= 4 is 17.2 Å². The third-order valence-corrected chi connectivity index (χ3v) is 2.55. The number of H-pyrrole nitrogens is 1. The number of carbonyl (C=O) groups is 1. The van der Waals surface area contributed by atoms with Crippen molar-refractivity contribution in [1.29, 1.82) is 5.26 Å². The number of rotatable bonds is 4. The van der Waals surface area contributed by atoms with Crippen LogP contribution in [-0.4, -0.2) is 33.6 Å². The number of nitriles is 1. The van der Waals surface area contributed by atoms with Gasteiger partial charge in [-0.05, 0) is 17.3 Å². The molecular weight excluding hydrogens is 277 g/mol. The van der Waals surface area contributed by atoms with Crippen LogP contribution in [0.2, 0.25) is 0 Å². The van der Waals surface area contributed by atoms with E-state index in [1.807, 2.05) is 6.07 Å². The molecule has 106 valence electrons. The van der Waals surface area contributed by atoms with E-state index >= 15 is 0 Å². The summed E-state index contributed by atoms with van der Waals surface area (Å²) < 4.78 is 13.8. The number of hydrogen-bond donors (Lipinski definition) is 3. The quantitative estimate of drug-likeness (QED) is 0.711. The zero-order valence-corrected chi connectivity index (χ0v) is 10.9. The first-order chi connectivity index (χ1) is 10.2. The Balaban J connectivity index is 2.36. The van der Waals surface area contributed by atoms with Crippen LogP contribution < -0.4 is 10.6 Å².